The van der Waals surface area contributed by atoms with Crippen LogP contribution in [0.25, 0.3) is 0 Å². The van der Waals surface area contributed by atoms with Crippen LogP contribution in [-0.2, 0) is 14.4 Å². The highest BCUT2D eigenvalue weighted by atomic mass is 16.2. The standard InChI is InChI=1S/C19H34N4O3/c1-3-5-15-18(25)23(12-9-21-15)16(6-4-2)19(26)22-10-7-14(8-11-22)13-17(20)24/h14-16,21H,3-13H2,1-2H3,(H2,20,24)/t15-,16?/m0/s1. The second-order valence-corrected chi connectivity index (χ2v) is 7.57. The Bertz CT molecular complexity index is 501. The van der Waals surface area contributed by atoms with Gasteiger partial charge >= 0.3 is 0 Å². The van der Waals surface area contributed by atoms with Crippen LogP contribution in [0.5, 0.6) is 0 Å². The van der Waals surface area contributed by atoms with E-state index in [0.717, 1.165) is 38.6 Å². The van der Waals surface area contributed by atoms with E-state index in [-0.39, 0.29) is 35.7 Å². The van der Waals surface area contributed by atoms with Gasteiger partial charge in [0.25, 0.3) is 0 Å². The first-order chi connectivity index (χ1) is 12.5. The summed E-state index contributed by atoms with van der Waals surface area (Å²) < 4.78 is 0. The molecule has 0 aromatic rings. The van der Waals surface area contributed by atoms with E-state index in [9.17, 15) is 14.4 Å². The van der Waals surface area contributed by atoms with Crippen molar-refractivity contribution in [3.8, 4) is 0 Å². The van der Waals surface area contributed by atoms with Crippen LogP contribution in [0.3, 0.4) is 0 Å². The maximum Gasteiger partial charge on any atom is 0.245 e. The zero-order valence-electron chi connectivity index (χ0n) is 16.2. The molecule has 7 heteroatoms. The highest BCUT2D eigenvalue weighted by Gasteiger charge is 2.38. The summed E-state index contributed by atoms with van der Waals surface area (Å²) in [7, 11) is 0. The van der Waals surface area contributed by atoms with Crippen molar-refractivity contribution in [1.82, 2.24) is 15.1 Å². The summed E-state index contributed by atoms with van der Waals surface area (Å²) in [5.41, 5.74) is 5.29. The molecule has 2 aliphatic heterocycles. The van der Waals surface area contributed by atoms with Crippen molar-refractivity contribution in [3.63, 3.8) is 0 Å². The summed E-state index contributed by atoms with van der Waals surface area (Å²) in [5, 5.41) is 3.28. The Labute approximate surface area is 156 Å². The van der Waals surface area contributed by atoms with E-state index in [1.165, 1.54) is 0 Å². The van der Waals surface area contributed by atoms with Crippen molar-refractivity contribution < 1.29 is 14.4 Å². The van der Waals surface area contributed by atoms with Gasteiger partial charge in [-0.05, 0) is 31.6 Å². The Morgan fingerprint density at radius 2 is 1.88 bits per heavy atom. The first-order valence-electron chi connectivity index (χ1n) is 10.1. The number of carbonyl (C=O) groups is 3. The first-order valence-corrected chi connectivity index (χ1v) is 10.1. The fourth-order valence-corrected chi connectivity index (χ4v) is 4.12. The minimum absolute atomic E-state index is 0.0634. The molecule has 148 valence electrons. The maximum atomic E-state index is 13.1. The molecule has 0 bridgehead atoms. The number of likely N-dealkylation sites (tertiary alicyclic amines) is 1. The SMILES string of the molecule is CCCC(C(=O)N1CCC(CC(N)=O)CC1)N1CCN[C@@H](CCC)C1=O. The third-order valence-corrected chi connectivity index (χ3v) is 5.54. The number of nitrogens with two attached hydrogens (primary N) is 1. The van der Waals surface area contributed by atoms with E-state index in [4.69, 9.17) is 5.73 Å². The van der Waals surface area contributed by atoms with Crippen molar-refractivity contribution in [3.05, 3.63) is 0 Å². The Kier molecular flexibility index (Phi) is 7.87. The summed E-state index contributed by atoms with van der Waals surface area (Å²) in [4.78, 5) is 40.8. The monoisotopic (exact) mass is 366 g/mol. The molecule has 0 aromatic carbocycles. The van der Waals surface area contributed by atoms with E-state index >= 15 is 0 Å². The minimum Gasteiger partial charge on any atom is -0.370 e. The van der Waals surface area contributed by atoms with Crippen LogP contribution >= 0.6 is 0 Å². The lowest BCUT2D eigenvalue weighted by Gasteiger charge is -2.41. The van der Waals surface area contributed by atoms with Crippen LogP contribution < -0.4 is 11.1 Å². The number of amides is 3. The number of primary amides is 1. The third kappa shape index (κ3) is 5.19. The van der Waals surface area contributed by atoms with Gasteiger partial charge in [0, 0.05) is 32.6 Å². The van der Waals surface area contributed by atoms with E-state index in [0.29, 0.717) is 32.5 Å². The molecule has 0 aliphatic carbocycles. The average Bonchev–Trinajstić information content (AvgIpc) is 2.62. The van der Waals surface area contributed by atoms with Crippen molar-refractivity contribution in [2.24, 2.45) is 11.7 Å². The minimum atomic E-state index is -0.360. The summed E-state index contributed by atoms with van der Waals surface area (Å²) in [6, 6.07) is -0.524. The summed E-state index contributed by atoms with van der Waals surface area (Å²) in [6.45, 7) is 6.75. The number of piperazine rings is 1. The molecule has 2 aliphatic rings. The molecule has 2 heterocycles. The molecule has 2 rings (SSSR count). The molecule has 2 saturated heterocycles. The normalized spacial score (nSPS) is 23.2. The zero-order valence-corrected chi connectivity index (χ0v) is 16.2. The smallest absolute Gasteiger partial charge is 0.245 e. The third-order valence-electron chi connectivity index (χ3n) is 5.54. The first kappa shape index (κ1) is 20.7. The number of hydrogen-bond acceptors (Lipinski definition) is 4. The van der Waals surface area contributed by atoms with Gasteiger partial charge < -0.3 is 20.9 Å². The summed E-state index contributed by atoms with van der Waals surface area (Å²) in [6.07, 6.45) is 5.32. The van der Waals surface area contributed by atoms with Crippen molar-refractivity contribution in [1.29, 1.82) is 0 Å². The Morgan fingerprint density at radius 1 is 1.19 bits per heavy atom. The van der Waals surface area contributed by atoms with Crippen LogP contribution in [-0.4, -0.2) is 65.8 Å². The fraction of sp³-hybridized carbons (Fsp3) is 0.842. The van der Waals surface area contributed by atoms with Crippen LogP contribution in [0.4, 0.5) is 0 Å². The van der Waals surface area contributed by atoms with Crippen molar-refractivity contribution in [2.45, 2.75) is 70.9 Å². The molecule has 0 spiro atoms. The number of piperidine rings is 1. The Hall–Kier alpha value is -1.63. The summed E-state index contributed by atoms with van der Waals surface area (Å²) in [5.74, 6) is 0.131. The van der Waals surface area contributed by atoms with Gasteiger partial charge in [-0.1, -0.05) is 26.7 Å². The van der Waals surface area contributed by atoms with Crippen LogP contribution in [0.15, 0.2) is 0 Å². The van der Waals surface area contributed by atoms with E-state index in [1.807, 2.05) is 4.90 Å². The van der Waals surface area contributed by atoms with Crippen LogP contribution in [0.1, 0.15) is 58.8 Å². The van der Waals surface area contributed by atoms with Gasteiger partial charge in [-0.25, -0.2) is 0 Å². The zero-order chi connectivity index (χ0) is 19.1. The lowest BCUT2D eigenvalue weighted by molar-refractivity contribution is -0.150. The molecule has 2 fully saturated rings. The second-order valence-electron chi connectivity index (χ2n) is 7.57. The van der Waals surface area contributed by atoms with Gasteiger partial charge in [0.05, 0.1) is 6.04 Å². The molecule has 0 radical (unpaired) electrons. The molecule has 26 heavy (non-hydrogen) atoms. The number of nitrogens with zero attached hydrogens (tertiary/aromatic N) is 2. The van der Waals surface area contributed by atoms with Gasteiger partial charge in [-0.3, -0.25) is 14.4 Å². The molecule has 1 unspecified atom stereocenters. The van der Waals surface area contributed by atoms with Crippen molar-refractivity contribution in [2.75, 3.05) is 26.2 Å². The maximum absolute atomic E-state index is 13.1. The molecular formula is C19H34N4O3. The van der Waals surface area contributed by atoms with Gasteiger partial charge in [-0.2, -0.15) is 0 Å². The van der Waals surface area contributed by atoms with E-state index < -0.39 is 0 Å². The quantitative estimate of drug-likeness (QED) is 0.666. The molecule has 3 amide bonds. The van der Waals surface area contributed by atoms with E-state index in [1.54, 1.807) is 4.90 Å². The topological polar surface area (TPSA) is 95.7 Å². The van der Waals surface area contributed by atoms with Gasteiger partial charge in [0.1, 0.15) is 6.04 Å². The highest BCUT2D eigenvalue weighted by Crippen LogP contribution is 2.23. The van der Waals surface area contributed by atoms with Gasteiger partial charge in [0.2, 0.25) is 17.7 Å². The van der Waals surface area contributed by atoms with E-state index in [2.05, 4.69) is 19.2 Å². The summed E-state index contributed by atoms with van der Waals surface area (Å²) >= 11 is 0. The number of carbonyl (C=O) groups excluding carboxylic acids is 3. The fourth-order valence-electron chi connectivity index (χ4n) is 4.12. The predicted octanol–water partition coefficient (Wildman–Crippen LogP) is 0.870. The molecular weight excluding hydrogens is 332 g/mol. The van der Waals surface area contributed by atoms with Gasteiger partial charge in [0.15, 0.2) is 0 Å². The second kappa shape index (κ2) is 9.90. The molecule has 7 nitrogen and oxygen atoms in total. The number of rotatable bonds is 8. The van der Waals surface area contributed by atoms with Crippen LogP contribution in [0.2, 0.25) is 0 Å². The lowest BCUT2D eigenvalue weighted by Crippen LogP contribution is -2.61. The average molecular weight is 367 g/mol. The number of nitrogens with one attached hydrogen (secondary N) is 1. The largest absolute Gasteiger partial charge is 0.370 e. The Morgan fingerprint density at radius 3 is 2.46 bits per heavy atom. The van der Waals surface area contributed by atoms with Crippen molar-refractivity contribution >= 4 is 17.7 Å². The van der Waals surface area contributed by atoms with Crippen LogP contribution in [0, 0.1) is 5.92 Å². The molecule has 2 atom stereocenters. The number of hydrogen-bond donors (Lipinski definition) is 2. The Balaban J connectivity index is 2.01. The highest BCUT2D eigenvalue weighted by molar-refractivity contribution is 5.90. The lowest BCUT2D eigenvalue weighted by atomic mass is 9.92. The molecule has 3 N–H and O–H groups in total. The molecule has 0 saturated carbocycles. The predicted molar refractivity (Wildman–Crippen MR) is 100 cm³/mol. The van der Waals surface area contributed by atoms with Gasteiger partial charge in [-0.15, -0.1) is 0 Å². The molecule has 0 aromatic heterocycles.